The van der Waals surface area contributed by atoms with Crippen LogP contribution in [-0.4, -0.2) is 57.1 Å². The zero-order chi connectivity index (χ0) is 23.9. The van der Waals surface area contributed by atoms with Gasteiger partial charge >= 0.3 is 0 Å². The fourth-order valence-electron chi connectivity index (χ4n) is 3.39. The summed E-state index contributed by atoms with van der Waals surface area (Å²) in [5.41, 5.74) is 2.02. The first-order chi connectivity index (χ1) is 15.0. The standard InChI is InChI=1S/C23H30ClN3O4S/c1-5-25-23(29)18(3)26(14-13-19-9-7-6-8-10-19)22(28)16-27(32(4,30)31)21-12-11-20(24)15-17(21)2/h6-12,15,18H,5,13-14,16H2,1-4H3,(H,25,29)/t18-/m0/s1. The fraction of sp³-hybridized carbons (Fsp3) is 0.391. The lowest BCUT2D eigenvalue weighted by Crippen LogP contribution is -2.52. The Labute approximate surface area is 195 Å². The van der Waals surface area contributed by atoms with Crippen LogP contribution in [0.5, 0.6) is 0 Å². The Balaban J connectivity index is 2.33. The number of carbonyl (C=O) groups excluding carboxylic acids is 2. The molecule has 0 fully saturated rings. The quantitative estimate of drug-likeness (QED) is 0.567. The SMILES string of the molecule is CCNC(=O)[C@H](C)N(CCc1ccccc1)C(=O)CN(c1ccc(Cl)cc1C)S(C)(=O)=O. The van der Waals surface area contributed by atoms with Gasteiger partial charge < -0.3 is 10.2 Å². The summed E-state index contributed by atoms with van der Waals surface area (Å²) in [6.45, 7) is 5.47. The third kappa shape index (κ3) is 6.97. The molecule has 174 valence electrons. The molecule has 0 aromatic heterocycles. The number of nitrogens with one attached hydrogen (secondary N) is 1. The van der Waals surface area contributed by atoms with Crippen LogP contribution in [0.3, 0.4) is 0 Å². The lowest BCUT2D eigenvalue weighted by atomic mass is 10.1. The van der Waals surface area contributed by atoms with Crippen molar-refractivity contribution in [1.82, 2.24) is 10.2 Å². The summed E-state index contributed by atoms with van der Waals surface area (Å²) in [7, 11) is -3.76. The lowest BCUT2D eigenvalue weighted by Gasteiger charge is -2.31. The zero-order valence-electron chi connectivity index (χ0n) is 18.8. The summed E-state index contributed by atoms with van der Waals surface area (Å²) in [5, 5.41) is 3.20. The van der Waals surface area contributed by atoms with Crippen LogP contribution in [0.15, 0.2) is 48.5 Å². The van der Waals surface area contributed by atoms with Crippen LogP contribution in [0.4, 0.5) is 5.69 Å². The minimum Gasteiger partial charge on any atom is -0.355 e. The van der Waals surface area contributed by atoms with Gasteiger partial charge in [-0.1, -0.05) is 41.9 Å². The van der Waals surface area contributed by atoms with Gasteiger partial charge in [0.2, 0.25) is 21.8 Å². The van der Waals surface area contributed by atoms with Crippen LogP contribution in [0.25, 0.3) is 0 Å². The van der Waals surface area contributed by atoms with E-state index in [1.807, 2.05) is 30.3 Å². The van der Waals surface area contributed by atoms with E-state index < -0.39 is 28.5 Å². The second-order valence-corrected chi connectivity index (χ2v) is 9.94. The number of hydrogen-bond donors (Lipinski definition) is 1. The number of sulfonamides is 1. The molecule has 0 aliphatic heterocycles. The van der Waals surface area contributed by atoms with Crippen LogP contribution in [0.2, 0.25) is 5.02 Å². The van der Waals surface area contributed by atoms with Gasteiger partial charge in [0.15, 0.2) is 0 Å². The van der Waals surface area contributed by atoms with Crippen molar-refractivity contribution in [3.8, 4) is 0 Å². The van der Waals surface area contributed by atoms with Crippen molar-refractivity contribution in [2.75, 3.05) is 30.2 Å². The third-order valence-corrected chi connectivity index (χ3v) is 6.47. The molecule has 0 radical (unpaired) electrons. The number of anilines is 1. The maximum Gasteiger partial charge on any atom is 0.244 e. The van der Waals surface area contributed by atoms with E-state index in [1.54, 1.807) is 39.0 Å². The average Bonchev–Trinajstić information content (AvgIpc) is 2.72. The summed E-state index contributed by atoms with van der Waals surface area (Å²) in [4.78, 5) is 27.3. The van der Waals surface area contributed by atoms with Crippen LogP contribution >= 0.6 is 11.6 Å². The van der Waals surface area contributed by atoms with Gasteiger partial charge in [-0.05, 0) is 56.5 Å². The number of likely N-dealkylation sites (N-methyl/N-ethyl adjacent to an activating group) is 1. The Bertz CT molecular complexity index is 1040. The summed E-state index contributed by atoms with van der Waals surface area (Å²) in [6, 6.07) is 13.7. The Morgan fingerprint density at radius 3 is 2.34 bits per heavy atom. The van der Waals surface area contributed by atoms with Crippen molar-refractivity contribution in [2.45, 2.75) is 33.2 Å². The second-order valence-electron chi connectivity index (χ2n) is 7.59. The Morgan fingerprint density at radius 2 is 1.78 bits per heavy atom. The minimum absolute atomic E-state index is 0.276. The highest BCUT2D eigenvalue weighted by Crippen LogP contribution is 2.26. The Hall–Kier alpha value is -2.58. The van der Waals surface area contributed by atoms with Gasteiger partial charge in [0.05, 0.1) is 11.9 Å². The van der Waals surface area contributed by atoms with Crippen LogP contribution < -0.4 is 9.62 Å². The number of aryl methyl sites for hydroxylation is 1. The molecule has 0 bridgehead atoms. The van der Waals surface area contributed by atoms with Crippen molar-refractivity contribution in [3.05, 3.63) is 64.7 Å². The average molecular weight is 480 g/mol. The maximum atomic E-state index is 13.3. The van der Waals surface area contributed by atoms with Crippen molar-refractivity contribution in [3.63, 3.8) is 0 Å². The molecule has 7 nitrogen and oxygen atoms in total. The molecule has 1 N–H and O–H groups in total. The summed E-state index contributed by atoms with van der Waals surface area (Å²) < 4.78 is 26.2. The lowest BCUT2D eigenvalue weighted by molar-refractivity contribution is -0.138. The topological polar surface area (TPSA) is 86.8 Å². The van der Waals surface area contributed by atoms with Crippen LogP contribution in [-0.2, 0) is 26.0 Å². The normalized spacial score (nSPS) is 12.2. The van der Waals surface area contributed by atoms with Crippen molar-refractivity contribution >= 4 is 39.1 Å². The molecule has 0 spiro atoms. The summed E-state index contributed by atoms with van der Waals surface area (Å²) in [5.74, 6) is -0.748. The largest absolute Gasteiger partial charge is 0.355 e. The van der Waals surface area contributed by atoms with E-state index in [1.165, 1.54) is 4.90 Å². The second kappa shape index (κ2) is 11.3. The van der Waals surface area contributed by atoms with Crippen molar-refractivity contribution in [2.24, 2.45) is 0 Å². The molecular weight excluding hydrogens is 450 g/mol. The number of benzene rings is 2. The predicted octanol–water partition coefficient (Wildman–Crippen LogP) is 3.01. The molecule has 0 aliphatic rings. The summed E-state index contributed by atoms with van der Waals surface area (Å²) in [6.07, 6.45) is 1.59. The molecule has 2 aromatic rings. The highest BCUT2D eigenvalue weighted by atomic mass is 35.5. The van der Waals surface area contributed by atoms with E-state index in [4.69, 9.17) is 11.6 Å². The van der Waals surface area contributed by atoms with Gasteiger partial charge in [0.1, 0.15) is 12.6 Å². The molecule has 0 aliphatic carbocycles. The van der Waals surface area contributed by atoms with E-state index in [9.17, 15) is 18.0 Å². The van der Waals surface area contributed by atoms with Gasteiger partial charge in [0.25, 0.3) is 0 Å². The van der Waals surface area contributed by atoms with Gasteiger partial charge in [-0.15, -0.1) is 0 Å². The van der Waals surface area contributed by atoms with E-state index in [2.05, 4.69) is 5.32 Å². The summed E-state index contributed by atoms with van der Waals surface area (Å²) >= 11 is 6.01. The van der Waals surface area contributed by atoms with Gasteiger partial charge in [0, 0.05) is 18.1 Å². The zero-order valence-corrected chi connectivity index (χ0v) is 20.4. The first-order valence-electron chi connectivity index (χ1n) is 10.4. The number of carbonyl (C=O) groups is 2. The molecule has 0 saturated carbocycles. The molecular formula is C23H30ClN3O4S. The molecule has 0 unspecified atom stereocenters. The van der Waals surface area contributed by atoms with E-state index in [-0.39, 0.29) is 12.5 Å². The third-order valence-electron chi connectivity index (χ3n) is 5.11. The van der Waals surface area contributed by atoms with Gasteiger partial charge in [-0.3, -0.25) is 13.9 Å². The van der Waals surface area contributed by atoms with E-state index in [0.29, 0.717) is 29.2 Å². The number of rotatable bonds is 10. The number of hydrogen-bond acceptors (Lipinski definition) is 4. The van der Waals surface area contributed by atoms with Gasteiger partial charge in [-0.25, -0.2) is 8.42 Å². The van der Waals surface area contributed by atoms with E-state index in [0.717, 1.165) is 16.1 Å². The molecule has 9 heteroatoms. The van der Waals surface area contributed by atoms with Crippen molar-refractivity contribution < 1.29 is 18.0 Å². The molecule has 2 aromatic carbocycles. The number of amides is 2. The molecule has 2 rings (SSSR count). The first-order valence-corrected chi connectivity index (χ1v) is 12.6. The van der Waals surface area contributed by atoms with E-state index >= 15 is 0 Å². The number of nitrogens with zero attached hydrogens (tertiary/aromatic N) is 2. The van der Waals surface area contributed by atoms with Gasteiger partial charge in [-0.2, -0.15) is 0 Å². The molecule has 1 atom stereocenters. The number of halogens is 1. The molecule has 0 heterocycles. The molecule has 2 amide bonds. The van der Waals surface area contributed by atoms with Crippen LogP contribution in [0, 0.1) is 6.92 Å². The predicted molar refractivity (Wildman–Crippen MR) is 128 cm³/mol. The highest BCUT2D eigenvalue weighted by Gasteiger charge is 2.30. The monoisotopic (exact) mass is 479 g/mol. The van der Waals surface area contributed by atoms with Crippen molar-refractivity contribution in [1.29, 1.82) is 0 Å². The highest BCUT2D eigenvalue weighted by molar-refractivity contribution is 7.92. The first kappa shape index (κ1) is 25.7. The smallest absolute Gasteiger partial charge is 0.244 e. The minimum atomic E-state index is -3.76. The Kier molecular flexibility index (Phi) is 9.09. The fourth-order valence-corrected chi connectivity index (χ4v) is 4.52. The molecule has 32 heavy (non-hydrogen) atoms. The maximum absolute atomic E-state index is 13.3. The van der Waals surface area contributed by atoms with Crippen LogP contribution in [0.1, 0.15) is 25.0 Å². The Morgan fingerprint density at radius 1 is 1.12 bits per heavy atom. The molecule has 0 saturated heterocycles.